The maximum absolute atomic E-state index is 5.66. The maximum Gasteiger partial charge on any atom is 0.223 e. The van der Waals surface area contributed by atoms with E-state index in [2.05, 4.69) is 25.9 Å². The van der Waals surface area contributed by atoms with Gasteiger partial charge in [-0.3, -0.25) is 0 Å². The van der Waals surface area contributed by atoms with Gasteiger partial charge >= 0.3 is 0 Å². The lowest BCUT2D eigenvalue weighted by Gasteiger charge is -2.07. The zero-order valence-corrected chi connectivity index (χ0v) is 11.8. The van der Waals surface area contributed by atoms with Gasteiger partial charge in [0, 0.05) is 12.5 Å². The lowest BCUT2D eigenvalue weighted by atomic mass is 10.3. The molecule has 0 unspecified atom stereocenters. The van der Waals surface area contributed by atoms with Crippen LogP contribution in [0.3, 0.4) is 0 Å². The van der Waals surface area contributed by atoms with Gasteiger partial charge in [-0.15, -0.1) is 0 Å². The Morgan fingerprint density at radius 3 is 2.39 bits per heavy atom. The summed E-state index contributed by atoms with van der Waals surface area (Å²) in [6.07, 6.45) is 0.762. The van der Waals surface area contributed by atoms with Gasteiger partial charge in [-0.25, -0.2) is 4.98 Å². The van der Waals surface area contributed by atoms with Crippen molar-refractivity contribution in [1.82, 2.24) is 9.97 Å². The Hall–Kier alpha value is -1.62. The molecule has 0 aliphatic rings. The van der Waals surface area contributed by atoms with Crippen molar-refractivity contribution in [2.24, 2.45) is 0 Å². The number of methoxy groups -OCH3 is 1. The molecule has 0 saturated heterocycles. The van der Waals surface area contributed by atoms with E-state index in [1.165, 1.54) is 0 Å². The molecule has 0 spiro atoms. The lowest BCUT2D eigenvalue weighted by Crippen LogP contribution is -1.96. The molecule has 94 valence electrons. The minimum Gasteiger partial charge on any atom is -0.497 e. The van der Waals surface area contributed by atoms with Gasteiger partial charge in [0.25, 0.3) is 0 Å². The standard InChI is InChI=1S/C13H13BrN2O2/c1-3-12-15-11(14)8-13(16-12)18-10-6-4-9(17-2)5-7-10/h4-8H,3H2,1-2H3. The van der Waals surface area contributed by atoms with Crippen LogP contribution < -0.4 is 9.47 Å². The van der Waals surface area contributed by atoms with Crippen molar-refractivity contribution in [3.8, 4) is 17.4 Å². The molecule has 0 radical (unpaired) electrons. The van der Waals surface area contributed by atoms with Crippen LogP contribution in [0.5, 0.6) is 17.4 Å². The zero-order valence-electron chi connectivity index (χ0n) is 10.2. The quantitative estimate of drug-likeness (QED) is 0.809. The zero-order chi connectivity index (χ0) is 13.0. The first-order valence-corrected chi connectivity index (χ1v) is 6.36. The van der Waals surface area contributed by atoms with E-state index in [4.69, 9.17) is 9.47 Å². The van der Waals surface area contributed by atoms with Crippen LogP contribution in [0.1, 0.15) is 12.7 Å². The van der Waals surface area contributed by atoms with Gasteiger partial charge < -0.3 is 9.47 Å². The average molecular weight is 309 g/mol. The highest BCUT2D eigenvalue weighted by atomic mass is 79.9. The Kier molecular flexibility index (Phi) is 4.15. The Labute approximate surface area is 114 Å². The van der Waals surface area contributed by atoms with Gasteiger partial charge in [0.1, 0.15) is 21.9 Å². The maximum atomic E-state index is 5.66. The third-order valence-corrected chi connectivity index (χ3v) is 2.72. The summed E-state index contributed by atoms with van der Waals surface area (Å²) in [5, 5.41) is 0. The van der Waals surface area contributed by atoms with Gasteiger partial charge in [0.15, 0.2) is 0 Å². The first-order chi connectivity index (χ1) is 8.71. The van der Waals surface area contributed by atoms with Crippen molar-refractivity contribution in [3.63, 3.8) is 0 Å². The molecule has 0 atom stereocenters. The summed E-state index contributed by atoms with van der Waals surface area (Å²) < 4.78 is 11.5. The molecule has 0 saturated carbocycles. The fourth-order valence-electron chi connectivity index (χ4n) is 1.42. The number of ether oxygens (including phenoxy) is 2. The second kappa shape index (κ2) is 5.82. The molecule has 2 rings (SSSR count). The summed E-state index contributed by atoms with van der Waals surface area (Å²) >= 11 is 3.34. The summed E-state index contributed by atoms with van der Waals surface area (Å²) in [7, 11) is 1.63. The molecule has 5 heteroatoms. The van der Waals surface area contributed by atoms with Crippen LogP contribution in [0.2, 0.25) is 0 Å². The van der Waals surface area contributed by atoms with Crippen molar-refractivity contribution in [3.05, 3.63) is 40.8 Å². The number of benzene rings is 1. The van der Waals surface area contributed by atoms with E-state index >= 15 is 0 Å². The molecule has 0 bridgehead atoms. The summed E-state index contributed by atoms with van der Waals surface area (Å²) in [6.45, 7) is 2.00. The lowest BCUT2D eigenvalue weighted by molar-refractivity contribution is 0.412. The number of aryl methyl sites for hydroxylation is 1. The molecule has 2 aromatic rings. The van der Waals surface area contributed by atoms with Crippen LogP contribution in [-0.4, -0.2) is 17.1 Å². The van der Waals surface area contributed by atoms with Crippen LogP contribution in [0.4, 0.5) is 0 Å². The second-order valence-electron chi connectivity index (χ2n) is 3.58. The normalized spacial score (nSPS) is 10.2. The molecule has 0 aliphatic carbocycles. The van der Waals surface area contributed by atoms with Gasteiger partial charge in [0.2, 0.25) is 5.88 Å². The Morgan fingerprint density at radius 1 is 1.11 bits per heavy atom. The molecule has 18 heavy (non-hydrogen) atoms. The number of hydrogen-bond donors (Lipinski definition) is 0. The van der Waals surface area contributed by atoms with Gasteiger partial charge in [-0.1, -0.05) is 6.92 Å². The van der Waals surface area contributed by atoms with E-state index in [9.17, 15) is 0 Å². The molecular formula is C13H13BrN2O2. The molecule has 4 nitrogen and oxygen atoms in total. The van der Waals surface area contributed by atoms with Crippen LogP contribution >= 0.6 is 15.9 Å². The molecule has 0 N–H and O–H groups in total. The minimum atomic E-state index is 0.527. The van der Waals surface area contributed by atoms with Crippen LogP contribution in [0.15, 0.2) is 34.9 Å². The first-order valence-electron chi connectivity index (χ1n) is 5.56. The minimum absolute atomic E-state index is 0.527. The Morgan fingerprint density at radius 2 is 1.78 bits per heavy atom. The number of hydrogen-bond acceptors (Lipinski definition) is 4. The van der Waals surface area contributed by atoms with Crippen LogP contribution in [0.25, 0.3) is 0 Å². The first kappa shape index (κ1) is 12.8. The van der Waals surface area contributed by atoms with Gasteiger partial charge in [-0.2, -0.15) is 4.98 Å². The number of nitrogens with zero attached hydrogens (tertiary/aromatic N) is 2. The van der Waals surface area contributed by atoms with Gasteiger partial charge in [-0.05, 0) is 40.2 Å². The fourth-order valence-corrected chi connectivity index (χ4v) is 1.82. The molecule has 0 fully saturated rings. The van der Waals surface area contributed by atoms with Crippen molar-refractivity contribution in [2.75, 3.05) is 7.11 Å². The third kappa shape index (κ3) is 3.20. The molecule has 1 aromatic heterocycles. The topological polar surface area (TPSA) is 44.2 Å². The smallest absolute Gasteiger partial charge is 0.223 e. The van der Waals surface area contributed by atoms with Crippen molar-refractivity contribution in [1.29, 1.82) is 0 Å². The van der Waals surface area contributed by atoms with Crippen molar-refractivity contribution < 1.29 is 9.47 Å². The number of rotatable bonds is 4. The highest BCUT2D eigenvalue weighted by molar-refractivity contribution is 9.10. The van der Waals surface area contributed by atoms with Crippen molar-refractivity contribution in [2.45, 2.75) is 13.3 Å². The van der Waals surface area contributed by atoms with E-state index in [1.807, 2.05) is 31.2 Å². The predicted octanol–water partition coefficient (Wildman–Crippen LogP) is 3.60. The monoisotopic (exact) mass is 308 g/mol. The third-order valence-electron chi connectivity index (χ3n) is 2.32. The number of halogens is 1. The predicted molar refractivity (Wildman–Crippen MR) is 72.2 cm³/mol. The van der Waals surface area contributed by atoms with E-state index in [1.54, 1.807) is 13.2 Å². The summed E-state index contributed by atoms with van der Waals surface area (Å²) in [4.78, 5) is 8.52. The number of aromatic nitrogens is 2. The van der Waals surface area contributed by atoms with Crippen molar-refractivity contribution >= 4 is 15.9 Å². The van der Waals surface area contributed by atoms with Gasteiger partial charge in [0.05, 0.1) is 7.11 Å². The van der Waals surface area contributed by atoms with E-state index < -0.39 is 0 Å². The van der Waals surface area contributed by atoms with E-state index in [-0.39, 0.29) is 0 Å². The highest BCUT2D eigenvalue weighted by Gasteiger charge is 2.04. The van der Waals surface area contributed by atoms with E-state index in [0.29, 0.717) is 11.6 Å². The average Bonchev–Trinajstić information content (AvgIpc) is 2.39. The summed E-state index contributed by atoms with van der Waals surface area (Å²) in [5.74, 6) is 2.77. The molecule has 1 heterocycles. The molecule has 0 aliphatic heterocycles. The molecular weight excluding hydrogens is 296 g/mol. The molecule has 1 aromatic carbocycles. The SMILES string of the molecule is CCc1nc(Br)cc(Oc2ccc(OC)cc2)n1. The fraction of sp³-hybridized carbons (Fsp3) is 0.231. The van der Waals surface area contributed by atoms with Crippen LogP contribution in [0, 0.1) is 0 Å². The highest BCUT2D eigenvalue weighted by Crippen LogP contribution is 2.24. The summed E-state index contributed by atoms with van der Waals surface area (Å²) in [6, 6.07) is 9.09. The largest absolute Gasteiger partial charge is 0.497 e. The second-order valence-corrected chi connectivity index (χ2v) is 4.39. The summed E-state index contributed by atoms with van der Waals surface area (Å²) in [5.41, 5.74) is 0. The van der Waals surface area contributed by atoms with Crippen LogP contribution in [-0.2, 0) is 6.42 Å². The Bertz CT molecular complexity index is 529. The molecule has 0 amide bonds. The van der Waals surface area contributed by atoms with E-state index in [0.717, 1.165) is 22.6 Å². The Balaban J connectivity index is 2.19.